The summed E-state index contributed by atoms with van der Waals surface area (Å²) in [6.07, 6.45) is 0.827. The van der Waals surface area contributed by atoms with Gasteiger partial charge in [0.2, 0.25) is 5.91 Å². The Morgan fingerprint density at radius 3 is 2.74 bits per heavy atom. The van der Waals surface area contributed by atoms with E-state index in [0.717, 1.165) is 10.8 Å². The number of nitrogens with one attached hydrogen (secondary N) is 2. The summed E-state index contributed by atoms with van der Waals surface area (Å²) < 4.78 is 33.5. The number of carbonyl (C=O) groups is 1. The van der Waals surface area contributed by atoms with Crippen molar-refractivity contribution >= 4 is 16.8 Å². The highest BCUT2D eigenvalue weighted by Crippen LogP contribution is 2.20. The van der Waals surface area contributed by atoms with E-state index in [1.807, 2.05) is 4.90 Å². The summed E-state index contributed by atoms with van der Waals surface area (Å²) in [5, 5.41) is 12.6. The first-order valence-corrected chi connectivity index (χ1v) is 10.6. The minimum absolute atomic E-state index is 0.0106. The summed E-state index contributed by atoms with van der Waals surface area (Å²) in [5.41, 5.74) is -1.75. The molecule has 0 bridgehead atoms. The number of hydrogen-bond acceptors (Lipinski definition) is 7. The van der Waals surface area contributed by atoms with Gasteiger partial charge in [-0.3, -0.25) is 19.5 Å². The van der Waals surface area contributed by atoms with Crippen LogP contribution >= 0.6 is 0 Å². The van der Waals surface area contributed by atoms with Gasteiger partial charge in [0.25, 0.3) is 5.56 Å². The second kappa shape index (κ2) is 9.69. The third-order valence-electron chi connectivity index (χ3n) is 5.69. The molecule has 0 spiro atoms. The predicted octanol–water partition coefficient (Wildman–Crippen LogP) is 0.819. The van der Waals surface area contributed by atoms with E-state index < -0.39 is 40.9 Å². The number of aromatic hydroxyl groups is 1. The van der Waals surface area contributed by atoms with Gasteiger partial charge in [-0.1, -0.05) is 6.07 Å². The molecule has 180 valence electrons. The van der Waals surface area contributed by atoms with Crippen molar-refractivity contribution in [3.8, 4) is 5.75 Å². The van der Waals surface area contributed by atoms with Crippen LogP contribution in [0.2, 0.25) is 0 Å². The average Bonchev–Trinajstić information content (AvgIpc) is 2.78. The minimum atomic E-state index is -1.32. The molecule has 3 N–H and O–H groups in total. The summed E-state index contributed by atoms with van der Waals surface area (Å²) in [4.78, 5) is 47.6. The maximum Gasteiger partial charge on any atom is 0.329 e. The van der Waals surface area contributed by atoms with Crippen LogP contribution in [0.15, 0.2) is 40.1 Å². The lowest BCUT2D eigenvalue weighted by Gasteiger charge is -2.31. The largest absolute Gasteiger partial charge is 0.507 e. The van der Waals surface area contributed by atoms with Gasteiger partial charge >= 0.3 is 5.69 Å². The molecule has 10 nitrogen and oxygen atoms in total. The van der Waals surface area contributed by atoms with Crippen molar-refractivity contribution in [1.29, 1.82) is 0 Å². The number of pyridine rings is 1. The zero-order valence-electron chi connectivity index (χ0n) is 18.3. The molecule has 1 aliphatic rings. The fourth-order valence-corrected chi connectivity index (χ4v) is 3.97. The maximum atomic E-state index is 14.2. The van der Waals surface area contributed by atoms with Crippen LogP contribution in [-0.2, 0) is 9.53 Å². The topological polar surface area (TPSA) is 130 Å². The number of morpholine rings is 1. The lowest BCUT2D eigenvalue weighted by Crippen LogP contribution is -2.51. The van der Waals surface area contributed by atoms with Crippen LogP contribution in [-0.4, -0.2) is 63.3 Å². The van der Waals surface area contributed by atoms with Crippen LogP contribution in [0, 0.1) is 11.6 Å². The van der Waals surface area contributed by atoms with E-state index in [2.05, 4.69) is 15.3 Å². The normalized spacial score (nSPS) is 16.3. The second-order valence-electron chi connectivity index (χ2n) is 7.98. The third kappa shape index (κ3) is 4.68. The monoisotopic (exact) mass is 475 g/mol. The number of phenolic OH excluding ortho intramolecular Hbond substituents is 1. The fraction of sp³-hybridized carbons (Fsp3) is 0.364. The summed E-state index contributed by atoms with van der Waals surface area (Å²) in [7, 11) is 0. The molecule has 2 aromatic heterocycles. The van der Waals surface area contributed by atoms with Crippen molar-refractivity contribution in [3.63, 3.8) is 0 Å². The molecular weight excluding hydrogens is 452 g/mol. The number of rotatable bonds is 6. The molecule has 0 unspecified atom stereocenters. The highest BCUT2D eigenvalue weighted by molar-refractivity contribution is 5.85. The van der Waals surface area contributed by atoms with Gasteiger partial charge in [-0.2, -0.15) is 0 Å². The fourth-order valence-electron chi connectivity index (χ4n) is 3.97. The zero-order valence-corrected chi connectivity index (χ0v) is 18.3. The summed E-state index contributed by atoms with van der Waals surface area (Å²) in [6, 6.07) is 2.59. The van der Waals surface area contributed by atoms with Gasteiger partial charge in [-0.25, -0.2) is 18.1 Å². The lowest BCUT2D eigenvalue weighted by molar-refractivity contribution is -0.126. The number of nitrogens with zero attached hydrogens (tertiary/aromatic N) is 3. The molecule has 3 heterocycles. The summed E-state index contributed by atoms with van der Waals surface area (Å²) in [6.45, 7) is 3.21. The second-order valence-corrected chi connectivity index (χ2v) is 7.98. The predicted molar refractivity (Wildman–Crippen MR) is 118 cm³/mol. The number of fused-ring (bicyclic) bond motifs is 1. The molecule has 1 aromatic carbocycles. The van der Waals surface area contributed by atoms with Crippen molar-refractivity contribution in [2.45, 2.75) is 19.0 Å². The Hall–Kier alpha value is -3.64. The number of amides is 1. The molecule has 0 aliphatic carbocycles. The van der Waals surface area contributed by atoms with Gasteiger partial charge in [0.15, 0.2) is 0 Å². The number of benzene rings is 1. The molecule has 12 heteroatoms. The number of halogens is 2. The van der Waals surface area contributed by atoms with Crippen molar-refractivity contribution in [1.82, 2.24) is 24.8 Å². The highest BCUT2D eigenvalue weighted by atomic mass is 19.1. The van der Waals surface area contributed by atoms with E-state index in [1.165, 1.54) is 25.1 Å². The number of H-pyrrole nitrogens is 1. The number of hydrogen-bond donors (Lipinski definition) is 3. The quantitative estimate of drug-likeness (QED) is 0.481. The maximum absolute atomic E-state index is 14.2. The Bertz CT molecular complexity index is 1340. The Balaban J connectivity index is 1.74. The van der Waals surface area contributed by atoms with E-state index >= 15 is 0 Å². The van der Waals surface area contributed by atoms with Crippen molar-refractivity contribution in [2.24, 2.45) is 0 Å². The van der Waals surface area contributed by atoms with E-state index in [4.69, 9.17) is 4.74 Å². The Morgan fingerprint density at radius 1 is 1.29 bits per heavy atom. The van der Waals surface area contributed by atoms with E-state index in [-0.39, 0.29) is 28.9 Å². The van der Waals surface area contributed by atoms with Crippen LogP contribution in [0.5, 0.6) is 5.75 Å². The zero-order chi connectivity index (χ0) is 24.4. The van der Waals surface area contributed by atoms with Gasteiger partial charge in [0.1, 0.15) is 28.8 Å². The smallest absolute Gasteiger partial charge is 0.329 e. The Kier molecular flexibility index (Phi) is 6.70. The van der Waals surface area contributed by atoms with Gasteiger partial charge < -0.3 is 20.1 Å². The molecule has 1 amide bonds. The van der Waals surface area contributed by atoms with Crippen LogP contribution in [0.3, 0.4) is 0 Å². The molecule has 1 fully saturated rings. The van der Waals surface area contributed by atoms with Crippen LogP contribution in [0.1, 0.15) is 24.7 Å². The molecule has 3 aromatic rings. The van der Waals surface area contributed by atoms with Crippen molar-refractivity contribution < 1.29 is 23.4 Å². The van der Waals surface area contributed by atoms with Crippen LogP contribution in [0.25, 0.3) is 10.9 Å². The molecule has 1 aliphatic heterocycles. The van der Waals surface area contributed by atoms with Crippen LogP contribution in [0.4, 0.5) is 8.78 Å². The number of ether oxygens (including phenoxy) is 1. The molecule has 2 atom stereocenters. The molecule has 0 radical (unpaired) electrons. The molecule has 0 saturated carbocycles. The number of phenols is 1. The third-order valence-corrected chi connectivity index (χ3v) is 5.69. The van der Waals surface area contributed by atoms with E-state index in [0.29, 0.717) is 32.4 Å². The van der Waals surface area contributed by atoms with Crippen LogP contribution < -0.4 is 16.6 Å². The molecule has 34 heavy (non-hydrogen) atoms. The van der Waals surface area contributed by atoms with E-state index in [1.54, 1.807) is 0 Å². The molecule has 1 saturated heterocycles. The average molecular weight is 475 g/mol. The number of aromatic amines is 1. The van der Waals surface area contributed by atoms with E-state index in [9.17, 15) is 28.3 Å². The minimum Gasteiger partial charge on any atom is -0.507 e. The Morgan fingerprint density at radius 2 is 2.03 bits per heavy atom. The lowest BCUT2D eigenvalue weighted by atomic mass is 10.1. The van der Waals surface area contributed by atoms with Gasteiger partial charge in [-0.05, 0) is 19.1 Å². The summed E-state index contributed by atoms with van der Waals surface area (Å²) >= 11 is 0. The highest BCUT2D eigenvalue weighted by Gasteiger charge is 2.30. The van der Waals surface area contributed by atoms with Crippen molar-refractivity contribution in [2.75, 3.05) is 32.8 Å². The first kappa shape index (κ1) is 23.5. The number of aromatic nitrogens is 3. The molecule has 4 rings (SSSR count). The molecular formula is C22H23F2N5O5. The Labute approximate surface area is 191 Å². The van der Waals surface area contributed by atoms with Gasteiger partial charge in [-0.15, -0.1) is 0 Å². The number of carbonyl (C=O) groups excluding carboxylic acids is 1. The first-order chi connectivity index (χ1) is 16.3. The van der Waals surface area contributed by atoms with Gasteiger partial charge in [0.05, 0.1) is 36.7 Å². The van der Waals surface area contributed by atoms with Crippen molar-refractivity contribution in [3.05, 3.63) is 68.6 Å². The summed E-state index contributed by atoms with van der Waals surface area (Å²) in [5.74, 6) is -2.89. The van der Waals surface area contributed by atoms with Gasteiger partial charge in [0, 0.05) is 25.7 Å². The SMILES string of the molecule is C[C@H](NC(=O)[C@H](CN1CCOCC1)n1c(=O)[nH]c2cccc(O)c2c1=O)c1ncc(F)cc1F. The first-order valence-electron chi connectivity index (χ1n) is 10.6. The standard InChI is InChI=1S/C22H23F2N5O5/c1-12(19-14(24)9-13(23)10-25-19)26-20(31)16(11-28-5-7-34-8-6-28)29-21(32)18-15(27-22(29)33)3-2-4-17(18)30/h2-4,9-10,12,16,30H,5-8,11H2,1H3,(H,26,31)(H,27,33)/t12-,16-/m0/s1.